The van der Waals surface area contributed by atoms with E-state index in [1.165, 1.54) is 5.01 Å². The van der Waals surface area contributed by atoms with Crippen LogP contribution >= 0.6 is 12.2 Å². The third kappa shape index (κ3) is 1.96. The monoisotopic (exact) mass is 167 g/mol. The van der Waals surface area contributed by atoms with Gasteiger partial charge >= 0.3 is 0 Å². The second kappa shape index (κ2) is 3.41. The molecule has 0 radical (unpaired) electrons. The highest BCUT2D eigenvalue weighted by Crippen LogP contribution is 1.98. The summed E-state index contributed by atoms with van der Waals surface area (Å²) in [6.07, 6.45) is 3.38. The Hall–Kier alpha value is -1.00. The molecule has 11 heavy (non-hydrogen) atoms. The van der Waals surface area contributed by atoms with E-state index in [2.05, 4.69) is 4.98 Å². The van der Waals surface area contributed by atoms with Gasteiger partial charge in [-0.15, -0.1) is 0 Å². The molecule has 1 aromatic heterocycles. The number of aromatic nitrogens is 1. The molecule has 0 saturated heterocycles. The van der Waals surface area contributed by atoms with Gasteiger partial charge in [-0.25, -0.2) is 5.84 Å². The van der Waals surface area contributed by atoms with E-state index in [9.17, 15) is 0 Å². The molecule has 0 amide bonds. The van der Waals surface area contributed by atoms with Crippen LogP contribution in [0.25, 0.3) is 0 Å². The van der Waals surface area contributed by atoms with Gasteiger partial charge in [0.1, 0.15) is 4.99 Å². The third-order valence-corrected chi connectivity index (χ3v) is 1.75. The first-order valence-electron chi connectivity index (χ1n) is 3.14. The molecule has 0 fully saturated rings. The molecule has 0 atom stereocenters. The van der Waals surface area contributed by atoms with Crippen molar-refractivity contribution < 1.29 is 0 Å². The summed E-state index contributed by atoms with van der Waals surface area (Å²) in [7, 11) is 1.70. The Kier molecular flexibility index (Phi) is 2.51. The summed E-state index contributed by atoms with van der Waals surface area (Å²) < 4.78 is 0. The number of nitrogens with two attached hydrogens (primary N) is 1. The van der Waals surface area contributed by atoms with Gasteiger partial charge in [0.05, 0.1) is 0 Å². The van der Waals surface area contributed by atoms with Crippen molar-refractivity contribution in [3.8, 4) is 0 Å². The number of rotatable bonds is 1. The molecule has 0 aliphatic heterocycles. The maximum absolute atomic E-state index is 5.43. The second-order valence-electron chi connectivity index (χ2n) is 2.16. The van der Waals surface area contributed by atoms with Crippen molar-refractivity contribution in [1.82, 2.24) is 9.99 Å². The van der Waals surface area contributed by atoms with Crippen LogP contribution in [0.3, 0.4) is 0 Å². The first-order valence-corrected chi connectivity index (χ1v) is 3.55. The number of pyridine rings is 1. The Morgan fingerprint density at radius 3 is 2.91 bits per heavy atom. The van der Waals surface area contributed by atoms with E-state index in [0.717, 1.165) is 5.56 Å². The lowest BCUT2D eigenvalue weighted by Crippen LogP contribution is -2.32. The Bertz CT molecular complexity index is 245. The molecule has 58 valence electrons. The number of hydrogen-bond donors (Lipinski definition) is 1. The quantitative estimate of drug-likeness (QED) is 0.377. The highest BCUT2D eigenvalue weighted by atomic mass is 32.1. The summed E-state index contributed by atoms with van der Waals surface area (Å²) in [4.78, 5) is 4.51. The predicted molar refractivity (Wildman–Crippen MR) is 47.9 cm³/mol. The molecule has 1 rings (SSSR count). The lowest BCUT2D eigenvalue weighted by Gasteiger charge is -2.11. The van der Waals surface area contributed by atoms with Gasteiger partial charge in [-0.1, -0.05) is 12.2 Å². The van der Waals surface area contributed by atoms with Crippen molar-refractivity contribution in [3.05, 3.63) is 30.1 Å². The molecular formula is C7H9N3S. The van der Waals surface area contributed by atoms with E-state index in [1.807, 2.05) is 12.1 Å². The summed E-state index contributed by atoms with van der Waals surface area (Å²) in [5.74, 6) is 5.43. The van der Waals surface area contributed by atoms with Crippen LogP contribution in [0.5, 0.6) is 0 Å². The minimum absolute atomic E-state index is 0.595. The average molecular weight is 167 g/mol. The molecular weight excluding hydrogens is 158 g/mol. The van der Waals surface area contributed by atoms with Crippen LogP contribution in [0, 0.1) is 0 Å². The van der Waals surface area contributed by atoms with Crippen LogP contribution in [-0.2, 0) is 0 Å². The molecule has 3 nitrogen and oxygen atoms in total. The minimum atomic E-state index is 0.595. The van der Waals surface area contributed by atoms with Crippen molar-refractivity contribution in [1.29, 1.82) is 0 Å². The number of nitrogens with zero attached hydrogens (tertiary/aromatic N) is 2. The van der Waals surface area contributed by atoms with Crippen molar-refractivity contribution in [3.63, 3.8) is 0 Å². The maximum atomic E-state index is 5.43. The minimum Gasteiger partial charge on any atom is -0.304 e. The molecule has 4 heteroatoms. The van der Waals surface area contributed by atoms with Gasteiger partial charge in [-0.05, 0) is 12.1 Å². The fraction of sp³-hybridized carbons (Fsp3) is 0.143. The van der Waals surface area contributed by atoms with Gasteiger partial charge in [0.25, 0.3) is 0 Å². The molecule has 0 aliphatic carbocycles. The maximum Gasteiger partial charge on any atom is 0.124 e. The van der Waals surface area contributed by atoms with Crippen LogP contribution in [0.1, 0.15) is 5.56 Å². The first-order chi connectivity index (χ1) is 5.22. The topological polar surface area (TPSA) is 42.1 Å². The van der Waals surface area contributed by atoms with Crippen molar-refractivity contribution in [2.45, 2.75) is 0 Å². The number of thiocarbonyl (C=S) groups is 1. The summed E-state index contributed by atoms with van der Waals surface area (Å²) in [6, 6.07) is 3.70. The standard InChI is InChI=1S/C7H9N3S/c1-10(8)7(11)6-3-2-4-9-5-6/h2-5H,8H2,1H3. The van der Waals surface area contributed by atoms with Crippen LogP contribution in [0.2, 0.25) is 0 Å². The highest BCUT2D eigenvalue weighted by molar-refractivity contribution is 7.80. The zero-order valence-corrected chi connectivity index (χ0v) is 7.01. The third-order valence-electron chi connectivity index (χ3n) is 1.23. The Morgan fingerprint density at radius 1 is 1.73 bits per heavy atom. The lowest BCUT2D eigenvalue weighted by molar-refractivity contribution is 0.550. The summed E-state index contributed by atoms with van der Waals surface area (Å²) in [5.41, 5.74) is 0.868. The molecule has 0 aliphatic rings. The molecule has 0 unspecified atom stereocenters. The predicted octanol–water partition coefficient (Wildman–Crippen LogP) is 0.563. The molecule has 0 aromatic carbocycles. The Labute approximate surface area is 70.8 Å². The SMILES string of the molecule is CN(N)C(=S)c1cccnc1. The fourth-order valence-corrected chi connectivity index (χ4v) is 0.814. The Balaban J connectivity index is 2.86. The molecule has 1 heterocycles. The Morgan fingerprint density at radius 2 is 2.45 bits per heavy atom. The molecule has 0 saturated carbocycles. The van der Waals surface area contributed by atoms with Gasteiger partial charge in [0.2, 0.25) is 0 Å². The molecule has 1 aromatic rings. The van der Waals surface area contributed by atoms with Crippen LogP contribution in [-0.4, -0.2) is 22.0 Å². The highest BCUT2D eigenvalue weighted by Gasteiger charge is 2.01. The van der Waals surface area contributed by atoms with Gasteiger partial charge in [0.15, 0.2) is 0 Å². The van der Waals surface area contributed by atoms with E-state index in [-0.39, 0.29) is 0 Å². The van der Waals surface area contributed by atoms with Gasteiger partial charge in [-0.2, -0.15) is 0 Å². The first kappa shape index (κ1) is 8.10. The largest absolute Gasteiger partial charge is 0.304 e. The summed E-state index contributed by atoms with van der Waals surface area (Å²) in [5, 5.41) is 1.40. The van der Waals surface area contributed by atoms with E-state index >= 15 is 0 Å². The van der Waals surface area contributed by atoms with E-state index in [4.69, 9.17) is 18.1 Å². The fourth-order valence-electron chi connectivity index (χ4n) is 0.693. The summed E-state index contributed by atoms with van der Waals surface area (Å²) in [6.45, 7) is 0. The number of hydrazine groups is 1. The smallest absolute Gasteiger partial charge is 0.124 e. The molecule has 0 bridgehead atoms. The molecule has 2 N–H and O–H groups in total. The normalized spacial score (nSPS) is 9.27. The van der Waals surface area contributed by atoms with Gasteiger partial charge in [-0.3, -0.25) is 4.98 Å². The molecule has 0 spiro atoms. The summed E-state index contributed by atoms with van der Waals surface area (Å²) >= 11 is 5.01. The second-order valence-corrected chi connectivity index (χ2v) is 2.54. The average Bonchev–Trinajstić information content (AvgIpc) is 2.05. The van der Waals surface area contributed by atoms with Crippen LogP contribution in [0.4, 0.5) is 0 Å². The zero-order valence-electron chi connectivity index (χ0n) is 6.19. The van der Waals surface area contributed by atoms with Crippen molar-refractivity contribution in [2.24, 2.45) is 5.84 Å². The van der Waals surface area contributed by atoms with Gasteiger partial charge < -0.3 is 5.01 Å². The zero-order chi connectivity index (χ0) is 8.27. The van der Waals surface area contributed by atoms with Crippen molar-refractivity contribution in [2.75, 3.05) is 7.05 Å². The van der Waals surface area contributed by atoms with E-state index in [0.29, 0.717) is 4.99 Å². The van der Waals surface area contributed by atoms with Crippen molar-refractivity contribution >= 4 is 17.2 Å². The van der Waals surface area contributed by atoms with Gasteiger partial charge in [0, 0.05) is 25.0 Å². The van der Waals surface area contributed by atoms with E-state index in [1.54, 1.807) is 19.4 Å². The number of hydrogen-bond acceptors (Lipinski definition) is 3. The van der Waals surface area contributed by atoms with Crippen LogP contribution < -0.4 is 5.84 Å². The lowest BCUT2D eigenvalue weighted by atomic mass is 10.3. The van der Waals surface area contributed by atoms with E-state index < -0.39 is 0 Å². The van der Waals surface area contributed by atoms with Crippen LogP contribution in [0.15, 0.2) is 24.5 Å².